The Balaban J connectivity index is 1.57. The fourth-order valence-electron chi connectivity index (χ4n) is 2.11. The maximum atomic E-state index is 12.1. The molecule has 0 saturated carbocycles. The molecule has 0 radical (unpaired) electrons. The van der Waals surface area contributed by atoms with Gasteiger partial charge in [-0.2, -0.15) is 0 Å². The minimum Gasteiger partial charge on any atom is -0.379 e. The zero-order valence-corrected chi connectivity index (χ0v) is 12.9. The van der Waals surface area contributed by atoms with Crippen LogP contribution in [0.15, 0.2) is 21.8 Å². The molecule has 0 bridgehead atoms. The highest BCUT2D eigenvalue weighted by Crippen LogP contribution is 2.15. The van der Waals surface area contributed by atoms with Gasteiger partial charge >= 0.3 is 0 Å². The molecule has 1 aliphatic rings. The third-order valence-corrected chi connectivity index (χ3v) is 4.44. The number of carbonyl (C=O) groups excluding carboxylic acids is 1. The summed E-state index contributed by atoms with van der Waals surface area (Å²) in [5.74, 6) is -0.162. The smallest absolute Gasteiger partial charge is 0.271 e. The van der Waals surface area contributed by atoms with Gasteiger partial charge in [0.05, 0.1) is 36.0 Å². The van der Waals surface area contributed by atoms with E-state index in [1.165, 1.54) is 22.7 Å². The molecule has 112 valence electrons. The fraction of sp³-hybridized carbons (Fsp3) is 0.462. The van der Waals surface area contributed by atoms with E-state index in [9.17, 15) is 4.79 Å². The minimum atomic E-state index is -0.164. The number of carbonyl (C=O) groups is 1. The summed E-state index contributed by atoms with van der Waals surface area (Å²) < 4.78 is 11.3. The summed E-state index contributed by atoms with van der Waals surface area (Å²) in [5, 5.41) is 6.67. The van der Waals surface area contributed by atoms with E-state index in [-0.39, 0.29) is 18.1 Å². The Labute approximate surface area is 130 Å². The molecule has 21 heavy (non-hydrogen) atoms. The van der Waals surface area contributed by atoms with Crippen LogP contribution in [0.4, 0.5) is 0 Å². The van der Waals surface area contributed by atoms with E-state index in [4.69, 9.17) is 9.47 Å². The standard InChI is InChI=1S/C13H15N3O3S2/c17-13(11-6-21-8-15-11)16-10-1-2-18-4-12(10)19-3-9-5-20-7-14-9/h5-8,10,12H,1-4H2,(H,16,17)/t10-,12-/m1/s1. The summed E-state index contributed by atoms with van der Waals surface area (Å²) >= 11 is 2.94. The predicted octanol–water partition coefficient (Wildman–Crippen LogP) is 1.70. The highest BCUT2D eigenvalue weighted by atomic mass is 32.1. The van der Waals surface area contributed by atoms with Gasteiger partial charge in [-0.25, -0.2) is 9.97 Å². The van der Waals surface area contributed by atoms with Crippen LogP contribution in [-0.2, 0) is 16.1 Å². The number of thiazole rings is 2. The Hall–Kier alpha value is -1.35. The minimum absolute atomic E-state index is 0.0633. The van der Waals surface area contributed by atoms with Gasteiger partial charge in [-0.1, -0.05) is 0 Å². The van der Waals surface area contributed by atoms with Gasteiger partial charge in [-0.05, 0) is 6.42 Å². The maximum Gasteiger partial charge on any atom is 0.271 e. The summed E-state index contributed by atoms with van der Waals surface area (Å²) in [7, 11) is 0. The molecule has 2 aromatic heterocycles. The third kappa shape index (κ3) is 3.85. The van der Waals surface area contributed by atoms with Crippen LogP contribution in [0.1, 0.15) is 22.6 Å². The van der Waals surface area contributed by atoms with Crippen LogP contribution in [0, 0.1) is 0 Å². The third-order valence-electron chi connectivity index (χ3n) is 3.21. The van der Waals surface area contributed by atoms with Crippen molar-refractivity contribution in [3.8, 4) is 0 Å². The first-order valence-electron chi connectivity index (χ1n) is 6.58. The molecule has 1 fully saturated rings. The van der Waals surface area contributed by atoms with E-state index in [1.807, 2.05) is 5.38 Å². The molecule has 1 saturated heterocycles. The summed E-state index contributed by atoms with van der Waals surface area (Å²) in [6, 6.07) is -0.0633. The Morgan fingerprint density at radius 2 is 2.24 bits per heavy atom. The molecule has 0 aromatic carbocycles. The quantitative estimate of drug-likeness (QED) is 0.906. The van der Waals surface area contributed by atoms with E-state index in [1.54, 1.807) is 16.4 Å². The molecule has 0 spiro atoms. The molecule has 8 heteroatoms. The van der Waals surface area contributed by atoms with E-state index < -0.39 is 0 Å². The monoisotopic (exact) mass is 325 g/mol. The van der Waals surface area contributed by atoms with Crippen molar-refractivity contribution in [2.75, 3.05) is 13.2 Å². The van der Waals surface area contributed by atoms with Crippen molar-refractivity contribution in [1.82, 2.24) is 15.3 Å². The van der Waals surface area contributed by atoms with E-state index in [0.717, 1.165) is 12.1 Å². The number of aromatic nitrogens is 2. The molecular formula is C13H15N3O3S2. The number of hydrogen-bond donors (Lipinski definition) is 1. The lowest BCUT2D eigenvalue weighted by Gasteiger charge is -2.31. The molecule has 0 unspecified atom stereocenters. The second kappa shape index (κ2) is 7.08. The maximum absolute atomic E-state index is 12.1. The fourth-order valence-corrected chi connectivity index (χ4v) is 3.18. The molecule has 3 heterocycles. The summed E-state index contributed by atoms with van der Waals surface area (Å²) in [4.78, 5) is 20.3. The summed E-state index contributed by atoms with van der Waals surface area (Å²) in [6.07, 6.45) is 0.570. The van der Waals surface area contributed by atoms with E-state index in [0.29, 0.717) is 25.5 Å². The second-order valence-electron chi connectivity index (χ2n) is 4.65. The van der Waals surface area contributed by atoms with Crippen LogP contribution >= 0.6 is 22.7 Å². The predicted molar refractivity (Wildman–Crippen MR) is 79.5 cm³/mol. The van der Waals surface area contributed by atoms with Crippen molar-refractivity contribution in [2.45, 2.75) is 25.2 Å². The molecule has 1 N–H and O–H groups in total. The first-order chi connectivity index (χ1) is 10.3. The Bertz CT molecular complexity index is 559. The SMILES string of the molecule is O=C(N[C@@H]1CCOC[C@H]1OCc1cscn1)c1cscn1. The molecule has 0 aliphatic carbocycles. The van der Waals surface area contributed by atoms with E-state index >= 15 is 0 Å². The average molecular weight is 325 g/mol. The number of ether oxygens (including phenoxy) is 2. The van der Waals surface area contributed by atoms with Crippen molar-refractivity contribution >= 4 is 28.6 Å². The van der Waals surface area contributed by atoms with Crippen LogP contribution < -0.4 is 5.32 Å². The molecule has 2 atom stereocenters. The number of amides is 1. The van der Waals surface area contributed by atoms with Gasteiger partial charge in [0.25, 0.3) is 5.91 Å². The van der Waals surface area contributed by atoms with Crippen molar-refractivity contribution in [3.63, 3.8) is 0 Å². The lowest BCUT2D eigenvalue weighted by molar-refractivity contribution is -0.0742. The molecule has 2 aromatic rings. The molecule has 3 rings (SSSR count). The highest BCUT2D eigenvalue weighted by molar-refractivity contribution is 7.07. The van der Waals surface area contributed by atoms with Crippen molar-refractivity contribution in [1.29, 1.82) is 0 Å². The molecular weight excluding hydrogens is 310 g/mol. The van der Waals surface area contributed by atoms with Gasteiger partial charge in [-0.3, -0.25) is 4.79 Å². The highest BCUT2D eigenvalue weighted by Gasteiger charge is 2.28. The lowest BCUT2D eigenvalue weighted by Crippen LogP contribution is -2.50. The average Bonchev–Trinajstić information content (AvgIpc) is 3.20. The summed E-state index contributed by atoms with van der Waals surface area (Å²) in [5.41, 5.74) is 4.77. The normalized spacial score (nSPS) is 22.1. The van der Waals surface area contributed by atoms with E-state index in [2.05, 4.69) is 15.3 Å². The zero-order valence-electron chi connectivity index (χ0n) is 11.2. The van der Waals surface area contributed by atoms with Gasteiger partial charge < -0.3 is 14.8 Å². The number of nitrogens with one attached hydrogen (secondary N) is 1. The van der Waals surface area contributed by atoms with Crippen LogP contribution in [-0.4, -0.2) is 41.2 Å². The Morgan fingerprint density at radius 3 is 3.00 bits per heavy atom. The van der Waals surface area contributed by atoms with Gasteiger partial charge in [0.15, 0.2) is 0 Å². The molecule has 1 amide bonds. The van der Waals surface area contributed by atoms with Gasteiger partial charge in [0.1, 0.15) is 11.8 Å². The Morgan fingerprint density at radius 1 is 1.38 bits per heavy atom. The van der Waals surface area contributed by atoms with Crippen LogP contribution in [0.3, 0.4) is 0 Å². The molecule has 1 aliphatic heterocycles. The van der Waals surface area contributed by atoms with Gasteiger partial charge in [0, 0.05) is 17.4 Å². The molecule has 6 nitrogen and oxygen atoms in total. The van der Waals surface area contributed by atoms with Crippen molar-refractivity contribution in [3.05, 3.63) is 33.2 Å². The van der Waals surface area contributed by atoms with Gasteiger partial charge in [-0.15, -0.1) is 22.7 Å². The summed E-state index contributed by atoms with van der Waals surface area (Å²) in [6.45, 7) is 1.53. The van der Waals surface area contributed by atoms with Crippen LogP contribution in [0.5, 0.6) is 0 Å². The van der Waals surface area contributed by atoms with Crippen LogP contribution in [0.2, 0.25) is 0 Å². The van der Waals surface area contributed by atoms with Crippen molar-refractivity contribution in [2.24, 2.45) is 0 Å². The number of nitrogens with zero attached hydrogens (tertiary/aromatic N) is 2. The number of rotatable bonds is 5. The van der Waals surface area contributed by atoms with Gasteiger partial charge in [0.2, 0.25) is 0 Å². The lowest BCUT2D eigenvalue weighted by atomic mass is 10.1. The Kier molecular flexibility index (Phi) is 4.91. The zero-order chi connectivity index (χ0) is 14.5. The topological polar surface area (TPSA) is 73.3 Å². The number of hydrogen-bond acceptors (Lipinski definition) is 7. The first kappa shape index (κ1) is 14.6. The largest absolute Gasteiger partial charge is 0.379 e. The van der Waals surface area contributed by atoms with Crippen LogP contribution in [0.25, 0.3) is 0 Å². The first-order valence-corrected chi connectivity index (χ1v) is 8.47. The second-order valence-corrected chi connectivity index (χ2v) is 6.08. The van der Waals surface area contributed by atoms with Crippen molar-refractivity contribution < 1.29 is 14.3 Å².